The molecule has 1 aliphatic heterocycles. The van der Waals surface area contributed by atoms with E-state index in [1.165, 1.54) is 32.4 Å². The van der Waals surface area contributed by atoms with Gasteiger partial charge >= 0.3 is 0 Å². The molecular formula is C12H24BrN. The van der Waals surface area contributed by atoms with Crippen molar-refractivity contribution in [2.24, 2.45) is 5.41 Å². The summed E-state index contributed by atoms with van der Waals surface area (Å²) in [7, 11) is 0. The van der Waals surface area contributed by atoms with Gasteiger partial charge < -0.3 is 0 Å². The van der Waals surface area contributed by atoms with Gasteiger partial charge in [-0.1, -0.05) is 43.6 Å². The van der Waals surface area contributed by atoms with Crippen LogP contribution in [0.1, 0.15) is 47.0 Å². The van der Waals surface area contributed by atoms with E-state index < -0.39 is 0 Å². The van der Waals surface area contributed by atoms with Crippen molar-refractivity contribution in [3.8, 4) is 0 Å². The zero-order valence-corrected chi connectivity index (χ0v) is 11.6. The average Bonchev–Trinajstić information content (AvgIpc) is 2.13. The Bertz CT molecular complexity index is 175. The molecule has 0 aromatic heterocycles. The van der Waals surface area contributed by atoms with Crippen molar-refractivity contribution in [1.82, 2.24) is 4.90 Å². The normalized spacial score (nSPS) is 28.3. The highest BCUT2D eigenvalue weighted by molar-refractivity contribution is 9.09. The van der Waals surface area contributed by atoms with Gasteiger partial charge in [0.2, 0.25) is 0 Å². The molecule has 1 saturated heterocycles. The fourth-order valence-corrected chi connectivity index (χ4v) is 2.84. The lowest BCUT2D eigenvalue weighted by atomic mass is 9.83. The fraction of sp³-hybridized carbons (Fsp3) is 1.00. The molecule has 1 aliphatic rings. The monoisotopic (exact) mass is 261 g/mol. The molecule has 0 spiro atoms. The number of alkyl halides is 1. The van der Waals surface area contributed by atoms with Crippen LogP contribution in [0.2, 0.25) is 0 Å². The van der Waals surface area contributed by atoms with Gasteiger partial charge in [0.25, 0.3) is 0 Å². The third-order valence-electron chi connectivity index (χ3n) is 3.59. The molecule has 2 heteroatoms. The summed E-state index contributed by atoms with van der Waals surface area (Å²) in [6.45, 7) is 11.9. The highest BCUT2D eigenvalue weighted by Crippen LogP contribution is 2.35. The van der Waals surface area contributed by atoms with Crippen LogP contribution in [0.15, 0.2) is 0 Å². The molecule has 0 radical (unpaired) electrons. The third-order valence-corrected chi connectivity index (χ3v) is 5.28. The van der Waals surface area contributed by atoms with E-state index in [-0.39, 0.29) is 0 Å². The average molecular weight is 262 g/mol. The number of hydrogen-bond acceptors (Lipinski definition) is 1. The molecule has 0 amide bonds. The van der Waals surface area contributed by atoms with Crippen LogP contribution in [0.3, 0.4) is 0 Å². The number of piperidine rings is 1. The number of rotatable bonds is 3. The quantitative estimate of drug-likeness (QED) is 0.701. The van der Waals surface area contributed by atoms with Gasteiger partial charge in [-0.15, -0.1) is 0 Å². The molecule has 0 aliphatic carbocycles. The predicted octanol–water partition coefficient (Wildman–Crippen LogP) is 3.67. The second-order valence-corrected chi connectivity index (χ2v) is 6.29. The minimum atomic E-state index is 0.431. The standard InChI is InChI=1S/C12H24BrN/c1-5-10(6-2)14-8-7-11(13)12(3,4)9-14/h10-11H,5-9H2,1-4H3. The van der Waals surface area contributed by atoms with Crippen molar-refractivity contribution >= 4 is 15.9 Å². The fourth-order valence-electron chi connectivity index (χ4n) is 2.49. The number of hydrogen-bond donors (Lipinski definition) is 0. The van der Waals surface area contributed by atoms with E-state index in [2.05, 4.69) is 48.5 Å². The first kappa shape index (κ1) is 12.5. The van der Waals surface area contributed by atoms with Crippen LogP contribution in [-0.4, -0.2) is 28.9 Å². The Morgan fingerprint density at radius 1 is 1.36 bits per heavy atom. The first-order valence-corrected chi connectivity index (χ1v) is 6.81. The van der Waals surface area contributed by atoms with Crippen LogP contribution < -0.4 is 0 Å². The van der Waals surface area contributed by atoms with Crippen molar-refractivity contribution in [3.63, 3.8) is 0 Å². The maximum atomic E-state index is 3.80. The largest absolute Gasteiger partial charge is 0.300 e. The lowest BCUT2D eigenvalue weighted by molar-refractivity contribution is 0.0813. The van der Waals surface area contributed by atoms with E-state index in [0.29, 0.717) is 10.2 Å². The third kappa shape index (κ3) is 2.73. The van der Waals surface area contributed by atoms with Crippen LogP contribution in [-0.2, 0) is 0 Å². The molecule has 14 heavy (non-hydrogen) atoms. The Morgan fingerprint density at radius 2 is 1.93 bits per heavy atom. The summed E-state index contributed by atoms with van der Waals surface area (Å²) < 4.78 is 0. The predicted molar refractivity (Wildman–Crippen MR) is 67.1 cm³/mol. The van der Waals surface area contributed by atoms with Crippen molar-refractivity contribution in [1.29, 1.82) is 0 Å². The Hall–Kier alpha value is 0.440. The van der Waals surface area contributed by atoms with Crippen LogP contribution in [0.25, 0.3) is 0 Å². The summed E-state index contributed by atoms with van der Waals surface area (Å²) in [6.07, 6.45) is 3.88. The molecule has 1 nitrogen and oxygen atoms in total. The Balaban J connectivity index is 2.58. The second kappa shape index (κ2) is 4.98. The van der Waals surface area contributed by atoms with E-state index >= 15 is 0 Å². The van der Waals surface area contributed by atoms with Crippen molar-refractivity contribution < 1.29 is 0 Å². The molecule has 0 N–H and O–H groups in total. The first-order valence-electron chi connectivity index (χ1n) is 5.89. The molecule has 1 heterocycles. The summed E-state index contributed by atoms with van der Waals surface area (Å²) in [4.78, 5) is 3.37. The van der Waals surface area contributed by atoms with Gasteiger partial charge in [-0.25, -0.2) is 0 Å². The lowest BCUT2D eigenvalue weighted by Gasteiger charge is -2.45. The van der Waals surface area contributed by atoms with E-state index in [1.54, 1.807) is 0 Å². The number of halogens is 1. The summed E-state index contributed by atoms with van der Waals surface area (Å²) in [5.74, 6) is 0. The smallest absolute Gasteiger partial charge is 0.0221 e. The van der Waals surface area contributed by atoms with E-state index in [1.807, 2.05) is 0 Å². The summed E-state index contributed by atoms with van der Waals surface area (Å²) >= 11 is 3.80. The van der Waals surface area contributed by atoms with Crippen molar-refractivity contribution in [2.75, 3.05) is 13.1 Å². The van der Waals surface area contributed by atoms with Crippen LogP contribution in [0, 0.1) is 5.41 Å². The molecule has 0 aromatic carbocycles. The minimum Gasteiger partial charge on any atom is -0.300 e. The van der Waals surface area contributed by atoms with Gasteiger partial charge in [-0.3, -0.25) is 4.90 Å². The Labute approximate surface area is 97.4 Å². The highest BCUT2D eigenvalue weighted by Gasteiger charge is 2.35. The summed E-state index contributed by atoms with van der Waals surface area (Å²) in [6, 6.07) is 0.800. The van der Waals surface area contributed by atoms with Crippen LogP contribution >= 0.6 is 15.9 Å². The SMILES string of the molecule is CCC(CC)N1CCC(Br)C(C)(C)C1. The molecular weight excluding hydrogens is 238 g/mol. The van der Waals surface area contributed by atoms with Gasteiger partial charge in [-0.05, 0) is 31.2 Å². The van der Waals surface area contributed by atoms with Crippen LogP contribution in [0.5, 0.6) is 0 Å². The van der Waals surface area contributed by atoms with E-state index in [4.69, 9.17) is 0 Å². The zero-order chi connectivity index (χ0) is 10.8. The van der Waals surface area contributed by atoms with Crippen LogP contribution in [0.4, 0.5) is 0 Å². The minimum absolute atomic E-state index is 0.431. The van der Waals surface area contributed by atoms with Crippen molar-refractivity contribution in [3.05, 3.63) is 0 Å². The Morgan fingerprint density at radius 3 is 2.36 bits per heavy atom. The summed E-state index contributed by atoms with van der Waals surface area (Å²) in [5.41, 5.74) is 0.431. The number of likely N-dealkylation sites (tertiary alicyclic amines) is 1. The molecule has 0 aromatic rings. The molecule has 84 valence electrons. The molecule has 1 rings (SSSR count). The highest BCUT2D eigenvalue weighted by atomic mass is 79.9. The van der Waals surface area contributed by atoms with Gasteiger partial charge in [0.05, 0.1) is 0 Å². The van der Waals surface area contributed by atoms with Gasteiger partial charge in [0, 0.05) is 17.4 Å². The topological polar surface area (TPSA) is 3.24 Å². The first-order chi connectivity index (χ1) is 6.51. The summed E-state index contributed by atoms with van der Waals surface area (Å²) in [5, 5.41) is 0. The van der Waals surface area contributed by atoms with Gasteiger partial charge in [0.15, 0.2) is 0 Å². The maximum absolute atomic E-state index is 3.80. The molecule has 1 unspecified atom stereocenters. The maximum Gasteiger partial charge on any atom is 0.0221 e. The van der Waals surface area contributed by atoms with Crippen molar-refractivity contribution in [2.45, 2.75) is 57.8 Å². The molecule has 1 atom stereocenters. The lowest BCUT2D eigenvalue weighted by Crippen LogP contribution is -2.50. The molecule has 0 saturated carbocycles. The zero-order valence-electron chi connectivity index (χ0n) is 10.0. The molecule has 1 fully saturated rings. The second-order valence-electron chi connectivity index (χ2n) is 5.19. The van der Waals surface area contributed by atoms with Gasteiger partial charge in [0.1, 0.15) is 0 Å². The van der Waals surface area contributed by atoms with E-state index in [0.717, 1.165) is 6.04 Å². The Kier molecular flexibility index (Phi) is 4.45. The number of nitrogens with zero attached hydrogens (tertiary/aromatic N) is 1. The van der Waals surface area contributed by atoms with E-state index in [9.17, 15) is 0 Å². The molecule has 0 bridgehead atoms. The van der Waals surface area contributed by atoms with Gasteiger partial charge in [-0.2, -0.15) is 0 Å².